The minimum atomic E-state index is 0.491. The van der Waals surface area contributed by atoms with Gasteiger partial charge in [-0.2, -0.15) is 0 Å². The Kier molecular flexibility index (Phi) is 3.80. The first-order valence-electron chi connectivity index (χ1n) is 9.13. The highest BCUT2D eigenvalue weighted by Gasteiger charge is 2.43. The zero-order chi connectivity index (χ0) is 17.7. The molecule has 132 valence electrons. The summed E-state index contributed by atoms with van der Waals surface area (Å²) in [6.07, 6.45) is 6.91. The molecule has 2 aliphatic heterocycles. The van der Waals surface area contributed by atoms with Crippen molar-refractivity contribution in [3.8, 4) is 11.1 Å². The van der Waals surface area contributed by atoms with E-state index < -0.39 is 0 Å². The Morgan fingerprint density at radius 2 is 2.04 bits per heavy atom. The summed E-state index contributed by atoms with van der Waals surface area (Å²) in [5.41, 5.74) is 6.45. The molecule has 0 aromatic carbocycles. The number of nitrogens with zero attached hydrogens (tertiary/aromatic N) is 4. The third-order valence-electron chi connectivity index (χ3n) is 5.66. The molecule has 0 radical (unpaired) electrons. The third-order valence-corrected chi connectivity index (χ3v) is 6.39. The van der Waals surface area contributed by atoms with E-state index in [9.17, 15) is 0 Å². The average molecular weight is 363 g/mol. The quantitative estimate of drug-likeness (QED) is 0.674. The number of aryl methyl sites for hydroxylation is 1. The van der Waals surface area contributed by atoms with Crippen LogP contribution in [0.1, 0.15) is 23.5 Å². The molecule has 0 saturated carbocycles. The standard InChI is InChI=1S/C21H22N4S/c1-14-9-16-17-11-24(2)8-5-19(17)25(21(16)23-10-14)20-13-26-12-18(20)15-3-6-22-7-4-15/h3-4,6-7,9-10,12-13,17,19H,5,8,11H2,1-2H3. The predicted octanol–water partition coefficient (Wildman–Crippen LogP) is 4.45. The van der Waals surface area contributed by atoms with Gasteiger partial charge in [0.15, 0.2) is 0 Å². The van der Waals surface area contributed by atoms with Crippen LogP contribution in [0, 0.1) is 6.92 Å². The molecule has 1 fully saturated rings. The van der Waals surface area contributed by atoms with E-state index in [0.717, 1.165) is 18.9 Å². The summed E-state index contributed by atoms with van der Waals surface area (Å²) in [4.78, 5) is 14.0. The van der Waals surface area contributed by atoms with E-state index in [1.54, 1.807) is 11.3 Å². The second kappa shape index (κ2) is 6.18. The van der Waals surface area contributed by atoms with Crippen LogP contribution in [0.5, 0.6) is 0 Å². The van der Waals surface area contributed by atoms with Crippen LogP contribution in [0.15, 0.2) is 47.5 Å². The van der Waals surface area contributed by atoms with Crippen LogP contribution < -0.4 is 4.90 Å². The molecule has 5 rings (SSSR count). The molecule has 0 bridgehead atoms. The van der Waals surface area contributed by atoms with E-state index in [1.165, 1.54) is 34.4 Å². The fourth-order valence-corrected chi connectivity index (χ4v) is 5.28. The molecule has 0 amide bonds. The van der Waals surface area contributed by atoms with Gasteiger partial charge in [-0.1, -0.05) is 6.07 Å². The van der Waals surface area contributed by atoms with Crippen molar-refractivity contribution in [1.29, 1.82) is 0 Å². The molecule has 4 nitrogen and oxygen atoms in total. The first-order chi connectivity index (χ1) is 12.7. The van der Waals surface area contributed by atoms with E-state index in [-0.39, 0.29) is 0 Å². The van der Waals surface area contributed by atoms with E-state index in [2.05, 4.69) is 57.7 Å². The topological polar surface area (TPSA) is 32.3 Å². The van der Waals surface area contributed by atoms with Crippen LogP contribution in [0.2, 0.25) is 0 Å². The monoisotopic (exact) mass is 362 g/mol. The number of aromatic nitrogens is 2. The van der Waals surface area contributed by atoms with E-state index in [1.807, 2.05) is 18.6 Å². The molecule has 2 aliphatic rings. The lowest BCUT2D eigenvalue weighted by Crippen LogP contribution is -2.43. The molecule has 26 heavy (non-hydrogen) atoms. The van der Waals surface area contributed by atoms with Crippen LogP contribution in [0.25, 0.3) is 11.1 Å². The van der Waals surface area contributed by atoms with Gasteiger partial charge in [-0.25, -0.2) is 4.98 Å². The van der Waals surface area contributed by atoms with Gasteiger partial charge in [0.25, 0.3) is 0 Å². The molecule has 5 heterocycles. The van der Waals surface area contributed by atoms with Crippen molar-refractivity contribution in [2.24, 2.45) is 0 Å². The second-order valence-electron chi connectivity index (χ2n) is 7.43. The lowest BCUT2D eigenvalue weighted by molar-refractivity contribution is 0.236. The van der Waals surface area contributed by atoms with Gasteiger partial charge in [0.1, 0.15) is 5.82 Å². The molecule has 5 heteroatoms. The number of likely N-dealkylation sites (N-methyl/N-ethyl adjacent to an activating group) is 1. The van der Waals surface area contributed by atoms with Crippen LogP contribution in [0.3, 0.4) is 0 Å². The first-order valence-corrected chi connectivity index (χ1v) is 10.1. The van der Waals surface area contributed by atoms with Gasteiger partial charge >= 0.3 is 0 Å². The van der Waals surface area contributed by atoms with E-state index in [0.29, 0.717) is 12.0 Å². The van der Waals surface area contributed by atoms with Crippen molar-refractivity contribution in [2.45, 2.75) is 25.3 Å². The Labute approximate surface area is 158 Å². The smallest absolute Gasteiger partial charge is 0.136 e. The highest BCUT2D eigenvalue weighted by Crippen LogP contribution is 2.50. The summed E-state index contributed by atoms with van der Waals surface area (Å²) in [7, 11) is 2.23. The SMILES string of the molecule is Cc1cnc2c(c1)C1CN(C)CCC1N2c1cscc1-c1ccncc1. The Balaban J connectivity index is 1.65. The Morgan fingerprint density at radius 3 is 2.88 bits per heavy atom. The minimum Gasteiger partial charge on any atom is -0.321 e. The third kappa shape index (κ3) is 2.46. The number of hydrogen-bond acceptors (Lipinski definition) is 5. The van der Waals surface area contributed by atoms with Gasteiger partial charge in [-0.05, 0) is 50.2 Å². The summed E-state index contributed by atoms with van der Waals surface area (Å²) in [5, 5.41) is 4.53. The van der Waals surface area contributed by atoms with Crippen LogP contribution in [-0.4, -0.2) is 41.0 Å². The number of anilines is 2. The van der Waals surface area contributed by atoms with Crippen molar-refractivity contribution in [3.63, 3.8) is 0 Å². The molecular weight excluding hydrogens is 340 g/mol. The Hall–Kier alpha value is -2.24. The summed E-state index contributed by atoms with van der Waals surface area (Å²) in [6, 6.07) is 7.03. The molecule has 2 unspecified atom stereocenters. The second-order valence-corrected chi connectivity index (χ2v) is 8.17. The molecule has 3 aromatic rings. The molecule has 0 aliphatic carbocycles. The summed E-state index contributed by atoms with van der Waals surface area (Å²) < 4.78 is 0. The number of pyridine rings is 2. The van der Waals surface area contributed by atoms with Gasteiger partial charge in [-0.3, -0.25) is 4.98 Å². The number of piperidine rings is 1. The highest BCUT2D eigenvalue weighted by atomic mass is 32.1. The molecule has 2 atom stereocenters. The number of rotatable bonds is 2. The maximum Gasteiger partial charge on any atom is 0.136 e. The molecule has 3 aromatic heterocycles. The zero-order valence-corrected chi connectivity index (χ0v) is 15.9. The van der Waals surface area contributed by atoms with E-state index >= 15 is 0 Å². The van der Waals surface area contributed by atoms with Gasteiger partial charge in [-0.15, -0.1) is 11.3 Å². The van der Waals surface area contributed by atoms with Gasteiger partial charge in [0.2, 0.25) is 0 Å². The molecule has 1 saturated heterocycles. The Bertz CT molecular complexity index is 936. The minimum absolute atomic E-state index is 0.491. The van der Waals surface area contributed by atoms with Crippen molar-refractivity contribution in [1.82, 2.24) is 14.9 Å². The zero-order valence-electron chi connectivity index (χ0n) is 15.1. The summed E-state index contributed by atoms with van der Waals surface area (Å²) in [5.74, 6) is 1.68. The van der Waals surface area contributed by atoms with Crippen molar-refractivity contribution in [2.75, 3.05) is 25.0 Å². The normalized spacial score (nSPS) is 22.3. The van der Waals surface area contributed by atoms with E-state index in [4.69, 9.17) is 4.98 Å². The summed E-state index contributed by atoms with van der Waals surface area (Å²) in [6.45, 7) is 4.39. The lowest BCUT2D eigenvalue weighted by Gasteiger charge is -2.37. The molecular formula is C21H22N4S. The molecule has 0 N–H and O–H groups in total. The number of hydrogen-bond donors (Lipinski definition) is 0. The summed E-state index contributed by atoms with van der Waals surface area (Å²) >= 11 is 1.77. The average Bonchev–Trinajstić information content (AvgIpc) is 3.24. The van der Waals surface area contributed by atoms with Crippen molar-refractivity contribution >= 4 is 22.8 Å². The first kappa shape index (κ1) is 16.0. The lowest BCUT2D eigenvalue weighted by atomic mass is 9.89. The molecule has 0 spiro atoms. The van der Waals surface area contributed by atoms with Gasteiger partial charge < -0.3 is 9.80 Å². The van der Waals surface area contributed by atoms with Gasteiger partial charge in [0.05, 0.1) is 5.69 Å². The fourth-order valence-electron chi connectivity index (χ4n) is 4.45. The maximum absolute atomic E-state index is 4.88. The Morgan fingerprint density at radius 1 is 1.19 bits per heavy atom. The van der Waals surface area contributed by atoms with Gasteiger partial charge in [0, 0.05) is 59.0 Å². The largest absolute Gasteiger partial charge is 0.321 e. The van der Waals surface area contributed by atoms with Crippen LogP contribution >= 0.6 is 11.3 Å². The maximum atomic E-state index is 4.88. The number of likely N-dealkylation sites (tertiary alicyclic amines) is 1. The van der Waals surface area contributed by atoms with Crippen LogP contribution in [0.4, 0.5) is 11.5 Å². The van der Waals surface area contributed by atoms with Crippen molar-refractivity contribution < 1.29 is 0 Å². The highest BCUT2D eigenvalue weighted by molar-refractivity contribution is 7.08. The number of thiophene rings is 1. The number of fused-ring (bicyclic) bond motifs is 3. The fraction of sp³-hybridized carbons (Fsp3) is 0.333. The van der Waals surface area contributed by atoms with Crippen LogP contribution in [-0.2, 0) is 0 Å². The predicted molar refractivity (Wildman–Crippen MR) is 107 cm³/mol. The van der Waals surface area contributed by atoms with Crippen molar-refractivity contribution in [3.05, 3.63) is 58.7 Å².